The molecule has 0 aliphatic heterocycles. The molecular weight excluding hydrogens is 388 g/mol. The van der Waals surface area contributed by atoms with Crippen molar-refractivity contribution in [2.24, 2.45) is 28.6 Å². The molecule has 2 aliphatic rings. The fourth-order valence-electron chi connectivity index (χ4n) is 5.87. The summed E-state index contributed by atoms with van der Waals surface area (Å²) in [7, 11) is 0. The summed E-state index contributed by atoms with van der Waals surface area (Å²) >= 11 is 0. The molecule has 4 heteroatoms. The van der Waals surface area contributed by atoms with E-state index in [2.05, 4.69) is 20.8 Å². The van der Waals surface area contributed by atoms with E-state index in [1.54, 1.807) is 0 Å². The van der Waals surface area contributed by atoms with Crippen molar-refractivity contribution in [1.29, 1.82) is 0 Å². The first-order chi connectivity index (χ1) is 14.4. The normalized spacial score (nSPS) is 25.7. The number of rotatable bonds is 7. The lowest BCUT2D eigenvalue weighted by molar-refractivity contribution is -0.189. The van der Waals surface area contributed by atoms with Crippen molar-refractivity contribution in [3.8, 4) is 0 Å². The van der Waals surface area contributed by atoms with E-state index < -0.39 is 5.60 Å². The van der Waals surface area contributed by atoms with E-state index in [4.69, 9.17) is 9.47 Å². The Hall–Kier alpha value is -1.06. The van der Waals surface area contributed by atoms with Crippen LogP contribution in [0.15, 0.2) is 0 Å². The largest absolute Gasteiger partial charge is 0.456 e. The van der Waals surface area contributed by atoms with Crippen LogP contribution in [0.25, 0.3) is 0 Å². The molecule has 0 aromatic rings. The molecule has 3 unspecified atom stereocenters. The molecule has 0 heterocycles. The molecule has 2 fully saturated rings. The molecule has 2 aliphatic carbocycles. The van der Waals surface area contributed by atoms with Gasteiger partial charge in [-0.2, -0.15) is 0 Å². The van der Waals surface area contributed by atoms with Crippen LogP contribution in [0.5, 0.6) is 0 Å². The fraction of sp³-hybridized carbons (Fsp3) is 0.926. The zero-order chi connectivity index (χ0) is 23.3. The van der Waals surface area contributed by atoms with Crippen molar-refractivity contribution in [2.75, 3.05) is 6.61 Å². The quantitative estimate of drug-likeness (QED) is 0.316. The zero-order valence-corrected chi connectivity index (χ0v) is 21.4. The monoisotopic (exact) mass is 436 g/mol. The van der Waals surface area contributed by atoms with Gasteiger partial charge in [0.05, 0.1) is 5.92 Å². The highest BCUT2D eigenvalue weighted by Crippen LogP contribution is 2.50. The molecule has 4 nitrogen and oxygen atoms in total. The van der Waals surface area contributed by atoms with Gasteiger partial charge in [-0.1, -0.05) is 80.6 Å². The summed E-state index contributed by atoms with van der Waals surface area (Å²) < 4.78 is 11.8. The first-order valence-corrected chi connectivity index (χ1v) is 12.8. The number of hydrogen-bond donors (Lipinski definition) is 0. The minimum atomic E-state index is -0.429. The number of esters is 2. The molecule has 0 radical (unpaired) electrons. The Morgan fingerprint density at radius 3 is 2.13 bits per heavy atom. The molecular formula is C27H48O4. The lowest BCUT2D eigenvalue weighted by atomic mass is 9.64. The summed E-state index contributed by atoms with van der Waals surface area (Å²) in [4.78, 5) is 25.5. The molecule has 2 saturated carbocycles. The van der Waals surface area contributed by atoms with Gasteiger partial charge in [-0.15, -0.1) is 0 Å². The predicted octanol–water partition coefficient (Wildman–Crippen LogP) is 7.09. The summed E-state index contributed by atoms with van der Waals surface area (Å²) in [5.74, 6) is -0.162. The first-order valence-electron chi connectivity index (χ1n) is 12.8. The van der Waals surface area contributed by atoms with Crippen LogP contribution >= 0.6 is 0 Å². The average molecular weight is 437 g/mol. The summed E-state index contributed by atoms with van der Waals surface area (Å²) in [5.41, 5.74) is -0.347. The van der Waals surface area contributed by atoms with Gasteiger partial charge in [0.1, 0.15) is 5.60 Å². The second kappa shape index (κ2) is 10.7. The Kier molecular flexibility index (Phi) is 9.05. The second-order valence-electron chi connectivity index (χ2n) is 12.1. The van der Waals surface area contributed by atoms with Gasteiger partial charge in [0, 0.05) is 0 Å². The van der Waals surface area contributed by atoms with Crippen molar-refractivity contribution >= 4 is 11.9 Å². The van der Waals surface area contributed by atoms with Gasteiger partial charge in [0.2, 0.25) is 0 Å². The third-order valence-corrected chi connectivity index (χ3v) is 8.28. The maximum Gasteiger partial charge on any atom is 0.344 e. The standard InChI is InChI=1S/C27H48O4/c1-8-27(21-14-10-9-11-15-21,22-16-12-13-17-26(6,7)18-22)31-23(28)19-30-24(29)20(2)25(3,4)5/h20-22H,8-19H2,1-7H3. The smallest absolute Gasteiger partial charge is 0.344 e. The lowest BCUT2D eigenvalue weighted by Crippen LogP contribution is -2.50. The highest BCUT2D eigenvalue weighted by molar-refractivity contribution is 5.78. The van der Waals surface area contributed by atoms with Crippen LogP contribution in [0.2, 0.25) is 0 Å². The maximum absolute atomic E-state index is 13.0. The number of ether oxygens (including phenoxy) is 2. The Balaban J connectivity index is 2.18. The summed E-state index contributed by atoms with van der Waals surface area (Å²) in [6.07, 6.45) is 12.8. The topological polar surface area (TPSA) is 52.6 Å². The number of carbonyl (C=O) groups is 2. The second-order valence-corrected chi connectivity index (χ2v) is 12.1. The molecule has 180 valence electrons. The van der Waals surface area contributed by atoms with E-state index in [-0.39, 0.29) is 35.3 Å². The molecule has 3 atom stereocenters. The predicted molar refractivity (Wildman–Crippen MR) is 126 cm³/mol. The molecule has 0 N–H and O–H groups in total. The summed E-state index contributed by atoms with van der Waals surface area (Å²) in [6.45, 7) is 14.5. The van der Waals surface area contributed by atoms with Crippen LogP contribution in [0, 0.1) is 28.6 Å². The van der Waals surface area contributed by atoms with Crippen LogP contribution < -0.4 is 0 Å². The molecule has 31 heavy (non-hydrogen) atoms. The first kappa shape index (κ1) is 26.2. The van der Waals surface area contributed by atoms with Gasteiger partial charge < -0.3 is 9.47 Å². The molecule has 0 spiro atoms. The highest BCUT2D eigenvalue weighted by atomic mass is 16.6. The van der Waals surface area contributed by atoms with Crippen molar-refractivity contribution in [1.82, 2.24) is 0 Å². The number of hydrogen-bond acceptors (Lipinski definition) is 4. The van der Waals surface area contributed by atoms with Gasteiger partial charge in [-0.05, 0) is 61.2 Å². The van der Waals surface area contributed by atoms with Gasteiger partial charge in [-0.25, -0.2) is 4.79 Å². The van der Waals surface area contributed by atoms with E-state index in [0.29, 0.717) is 11.8 Å². The van der Waals surface area contributed by atoms with Gasteiger partial charge in [-0.3, -0.25) is 4.79 Å². The van der Waals surface area contributed by atoms with Gasteiger partial charge in [0.15, 0.2) is 6.61 Å². The van der Waals surface area contributed by atoms with Crippen LogP contribution in [0.3, 0.4) is 0 Å². The number of carbonyl (C=O) groups excluding carboxylic acids is 2. The fourth-order valence-corrected chi connectivity index (χ4v) is 5.87. The molecule has 2 rings (SSSR count). The molecule has 0 aromatic heterocycles. The minimum absolute atomic E-state index is 0.192. The van der Waals surface area contributed by atoms with Crippen LogP contribution in [0.1, 0.15) is 119 Å². The molecule has 0 aromatic carbocycles. The van der Waals surface area contributed by atoms with Crippen LogP contribution in [-0.2, 0) is 19.1 Å². The van der Waals surface area contributed by atoms with Gasteiger partial charge in [0.25, 0.3) is 0 Å². The maximum atomic E-state index is 13.0. The van der Waals surface area contributed by atoms with E-state index >= 15 is 0 Å². The molecule has 0 amide bonds. The van der Waals surface area contributed by atoms with Gasteiger partial charge >= 0.3 is 11.9 Å². The third kappa shape index (κ3) is 6.96. The summed E-state index contributed by atoms with van der Waals surface area (Å²) in [6, 6.07) is 0. The zero-order valence-electron chi connectivity index (χ0n) is 21.4. The SMILES string of the molecule is CCC(OC(=O)COC(=O)C(C)C(C)(C)C)(C1CCCCC1)C1CCCCC(C)(C)C1. The van der Waals surface area contributed by atoms with Crippen molar-refractivity contribution in [2.45, 2.75) is 125 Å². The molecule has 0 saturated heterocycles. The average Bonchev–Trinajstić information content (AvgIpc) is 2.90. The third-order valence-electron chi connectivity index (χ3n) is 8.28. The minimum Gasteiger partial charge on any atom is -0.456 e. The van der Waals surface area contributed by atoms with E-state index in [1.165, 1.54) is 38.5 Å². The van der Waals surface area contributed by atoms with E-state index in [0.717, 1.165) is 32.1 Å². The Bertz CT molecular complexity index is 597. The Morgan fingerprint density at radius 2 is 1.55 bits per heavy atom. The molecule has 0 bridgehead atoms. The van der Waals surface area contributed by atoms with Crippen LogP contribution in [0.4, 0.5) is 0 Å². The summed E-state index contributed by atoms with van der Waals surface area (Å²) in [5, 5.41) is 0. The lowest BCUT2D eigenvalue weighted by Gasteiger charge is -2.48. The van der Waals surface area contributed by atoms with E-state index in [9.17, 15) is 9.59 Å². The van der Waals surface area contributed by atoms with Crippen LogP contribution in [-0.4, -0.2) is 24.1 Å². The van der Waals surface area contributed by atoms with Crippen molar-refractivity contribution in [3.05, 3.63) is 0 Å². The van der Waals surface area contributed by atoms with Crippen molar-refractivity contribution < 1.29 is 19.1 Å². The highest BCUT2D eigenvalue weighted by Gasteiger charge is 2.49. The Morgan fingerprint density at radius 1 is 0.968 bits per heavy atom. The van der Waals surface area contributed by atoms with E-state index in [1.807, 2.05) is 27.7 Å². The van der Waals surface area contributed by atoms with Crippen molar-refractivity contribution in [3.63, 3.8) is 0 Å². The Labute approximate surface area is 191 Å².